The zero-order valence-electron chi connectivity index (χ0n) is 24.0. The molecule has 2 unspecified atom stereocenters. The minimum absolute atomic E-state index is 0.0670. The first-order valence-electron chi connectivity index (χ1n) is 14.0. The van der Waals surface area contributed by atoms with Crippen LogP contribution in [0.5, 0.6) is 0 Å². The number of nitrogens with two attached hydrogens (primary N) is 1. The van der Waals surface area contributed by atoms with Crippen molar-refractivity contribution < 1.29 is 28.7 Å². The molecule has 2 amide bonds. The van der Waals surface area contributed by atoms with Crippen LogP contribution >= 0.6 is 46.2 Å². The number of piperazine rings is 1. The number of rotatable bonds is 10. The third-order valence-electron chi connectivity index (χ3n) is 7.75. The van der Waals surface area contributed by atoms with Gasteiger partial charge in [-0.1, -0.05) is 23.0 Å². The Hall–Kier alpha value is -3.71. The molecule has 3 saturated heterocycles. The first-order valence-corrected chi connectivity index (χ1v) is 17.6. The van der Waals surface area contributed by atoms with Crippen LogP contribution in [-0.2, 0) is 19.2 Å². The maximum absolute atomic E-state index is 13.1. The summed E-state index contributed by atoms with van der Waals surface area (Å²) in [6, 6.07) is 6.45. The molecule has 46 heavy (non-hydrogen) atoms. The lowest BCUT2D eigenvalue weighted by molar-refractivity contribution is -0.156. The molecule has 0 saturated carbocycles. The second-order valence-corrected chi connectivity index (χ2v) is 14.9. The smallest absolute Gasteiger partial charge is 0.316 e. The van der Waals surface area contributed by atoms with Crippen molar-refractivity contribution in [2.75, 3.05) is 56.0 Å². The van der Waals surface area contributed by atoms with E-state index in [0.717, 1.165) is 47.9 Å². The zero-order chi connectivity index (χ0) is 32.4. The number of carbonyl (C=O) groups excluding carboxylic acids is 2. The van der Waals surface area contributed by atoms with E-state index in [-0.39, 0.29) is 34.3 Å². The summed E-state index contributed by atoms with van der Waals surface area (Å²) in [5.41, 5.74) is 4.93. The molecule has 2 aromatic heterocycles. The Labute approximate surface area is 278 Å². The van der Waals surface area contributed by atoms with Gasteiger partial charge < -0.3 is 36.1 Å². The van der Waals surface area contributed by atoms with Crippen LogP contribution in [0.25, 0.3) is 10.1 Å². The summed E-state index contributed by atoms with van der Waals surface area (Å²) < 4.78 is 14.2. The Balaban J connectivity index is 1.13. The molecule has 3 aliphatic rings. The monoisotopic (exact) mass is 705 g/mol. The minimum Gasteiger partial charge on any atom is -0.481 e. The first kappa shape index (κ1) is 32.2. The lowest BCUT2D eigenvalue weighted by atomic mass is 9.87. The van der Waals surface area contributed by atoms with E-state index in [1.54, 1.807) is 17.6 Å². The number of amides is 2. The molecular formula is C28H28FN7O6S4. The van der Waals surface area contributed by atoms with Gasteiger partial charge in [-0.15, -0.1) is 34.4 Å². The standard InChI is InChI=1S/C28H28FN7O6S4/c29-14-42-34-21(17-11-44-27(30)32-17)23(38)33-22-24(39)36-12-28(26(40)41,13-45-25(22)36)3-8-43-20-10-18(37)16-2-1-15(9-19(16)46-20)35-6-4-31-5-7-35/h1-3,8-11,22,25,31H,4-7,12-14H2,(H2,30,32)(H,33,38)(H,40,41)/t22?,25-,28?/m1/s1. The Morgan fingerprint density at radius 1 is 1.30 bits per heavy atom. The number of nitrogen functional groups attached to an aromatic ring is 1. The van der Waals surface area contributed by atoms with Gasteiger partial charge in [-0.3, -0.25) is 19.2 Å². The molecule has 242 valence electrons. The van der Waals surface area contributed by atoms with E-state index in [4.69, 9.17) is 5.73 Å². The highest BCUT2D eigenvalue weighted by Crippen LogP contribution is 2.44. The van der Waals surface area contributed by atoms with Gasteiger partial charge >= 0.3 is 5.97 Å². The van der Waals surface area contributed by atoms with Crippen molar-refractivity contribution in [3.05, 3.63) is 57.0 Å². The lowest BCUT2D eigenvalue weighted by Crippen LogP contribution is -2.73. The van der Waals surface area contributed by atoms with Crippen LogP contribution < -0.4 is 26.7 Å². The fourth-order valence-electron chi connectivity index (χ4n) is 5.33. The highest BCUT2D eigenvalue weighted by atomic mass is 32.2. The summed E-state index contributed by atoms with van der Waals surface area (Å²) in [6.07, 6.45) is 1.56. The molecule has 5 N–H and O–H groups in total. The predicted octanol–water partition coefficient (Wildman–Crippen LogP) is 2.13. The number of carboxylic acid groups (broad SMARTS) is 1. The fraction of sp³-hybridized carbons (Fsp3) is 0.357. The van der Waals surface area contributed by atoms with Crippen LogP contribution in [0.2, 0.25) is 0 Å². The summed E-state index contributed by atoms with van der Waals surface area (Å²) in [5.74, 6) is -2.23. The Morgan fingerprint density at radius 3 is 2.83 bits per heavy atom. The number of thioether (sulfide) groups is 2. The molecule has 5 heterocycles. The SMILES string of the molecule is Nc1nc(C(=NOCF)C(=O)NC2C(=O)N3CC(C=CSc4cc(=O)c5ccc(N6CCNCC6)cc5s4)(C(=O)O)CS[C@H]23)cs1. The van der Waals surface area contributed by atoms with Gasteiger partial charge in [0.2, 0.25) is 5.91 Å². The number of hydrogen-bond acceptors (Lipinski definition) is 14. The Kier molecular flexibility index (Phi) is 9.51. The van der Waals surface area contributed by atoms with Crippen molar-refractivity contribution >= 4 is 90.6 Å². The molecule has 1 aromatic carbocycles. The third kappa shape index (κ3) is 6.44. The van der Waals surface area contributed by atoms with E-state index in [0.29, 0.717) is 9.60 Å². The summed E-state index contributed by atoms with van der Waals surface area (Å²) in [6.45, 7) is 2.19. The number of halogens is 1. The number of carboxylic acids is 1. The van der Waals surface area contributed by atoms with Crippen molar-refractivity contribution in [1.82, 2.24) is 20.5 Å². The number of thiazole rings is 1. The van der Waals surface area contributed by atoms with Crippen LogP contribution in [-0.4, -0.2) is 95.2 Å². The van der Waals surface area contributed by atoms with Gasteiger partial charge in [0, 0.05) is 65.7 Å². The van der Waals surface area contributed by atoms with Gasteiger partial charge in [0.1, 0.15) is 22.5 Å². The maximum Gasteiger partial charge on any atom is 0.316 e. The molecule has 0 aliphatic carbocycles. The number of carbonyl (C=O) groups is 3. The van der Waals surface area contributed by atoms with E-state index in [1.807, 2.05) is 18.2 Å². The Bertz CT molecular complexity index is 1790. The quantitative estimate of drug-likeness (QED) is 0.105. The van der Waals surface area contributed by atoms with E-state index in [1.165, 1.54) is 45.1 Å². The molecular weight excluding hydrogens is 678 g/mol. The number of aromatic nitrogens is 1. The van der Waals surface area contributed by atoms with Crippen LogP contribution in [0, 0.1) is 5.41 Å². The maximum atomic E-state index is 13.1. The number of nitrogens with zero attached hydrogens (tertiary/aromatic N) is 4. The number of anilines is 2. The molecule has 3 atom stereocenters. The number of aliphatic carboxylic acids is 1. The van der Waals surface area contributed by atoms with E-state index in [2.05, 4.69) is 30.5 Å². The third-order valence-corrected chi connectivity index (χ3v) is 12.0. The van der Waals surface area contributed by atoms with E-state index >= 15 is 0 Å². The number of fused-ring (bicyclic) bond motifs is 2. The number of oxime groups is 1. The average molecular weight is 706 g/mol. The number of β-lactam (4-membered cyclic amide) rings is 1. The second-order valence-electron chi connectivity index (χ2n) is 10.6. The van der Waals surface area contributed by atoms with Crippen LogP contribution in [0.4, 0.5) is 15.2 Å². The number of hydrogen-bond donors (Lipinski definition) is 4. The van der Waals surface area contributed by atoms with Crippen molar-refractivity contribution in [3.8, 4) is 0 Å². The minimum atomic E-state index is -1.38. The number of benzene rings is 1. The lowest BCUT2D eigenvalue weighted by Gasteiger charge is -2.53. The van der Waals surface area contributed by atoms with Crippen molar-refractivity contribution in [3.63, 3.8) is 0 Å². The summed E-state index contributed by atoms with van der Waals surface area (Å²) in [5, 5.41) is 23.0. The number of nitrogens with one attached hydrogen (secondary N) is 2. The van der Waals surface area contributed by atoms with Crippen molar-refractivity contribution in [1.29, 1.82) is 0 Å². The normalized spacial score (nSPS) is 23.3. The molecule has 3 aliphatic heterocycles. The summed E-state index contributed by atoms with van der Waals surface area (Å²) >= 11 is 4.99. The van der Waals surface area contributed by atoms with Crippen molar-refractivity contribution in [2.45, 2.75) is 15.6 Å². The predicted molar refractivity (Wildman–Crippen MR) is 178 cm³/mol. The van der Waals surface area contributed by atoms with E-state index < -0.39 is 41.5 Å². The van der Waals surface area contributed by atoms with E-state index in [9.17, 15) is 28.7 Å². The van der Waals surface area contributed by atoms with Crippen LogP contribution in [0.3, 0.4) is 0 Å². The van der Waals surface area contributed by atoms with Gasteiger partial charge in [0.25, 0.3) is 12.8 Å². The van der Waals surface area contributed by atoms with Crippen LogP contribution in [0.1, 0.15) is 5.69 Å². The molecule has 13 nitrogen and oxygen atoms in total. The summed E-state index contributed by atoms with van der Waals surface area (Å²) in [4.78, 5) is 63.5. The highest BCUT2D eigenvalue weighted by Gasteiger charge is 2.57. The topological polar surface area (TPSA) is 180 Å². The molecule has 6 rings (SSSR count). The molecule has 0 radical (unpaired) electrons. The zero-order valence-corrected chi connectivity index (χ0v) is 27.3. The average Bonchev–Trinajstić information content (AvgIpc) is 3.49. The van der Waals surface area contributed by atoms with Gasteiger partial charge in [0.05, 0.1) is 4.21 Å². The van der Waals surface area contributed by atoms with Gasteiger partial charge in [-0.05, 0) is 23.6 Å². The molecule has 18 heteroatoms. The highest BCUT2D eigenvalue weighted by molar-refractivity contribution is 8.04. The van der Waals surface area contributed by atoms with Gasteiger partial charge in [0.15, 0.2) is 16.3 Å². The van der Waals surface area contributed by atoms with Gasteiger partial charge in [-0.2, -0.15) is 0 Å². The first-order chi connectivity index (χ1) is 22.2. The largest absolute Gasteiger partial charge is 0.481 e. The molecule has 3 aromatic rings. The summed E-state index contributed by atoms with van der Waals surface area (Å²) in [7, 11) is 0. The van der Waals surface area contributed by atoms with Crippen molar-refractivity contribution in [2.24, 2.45) is 10.6 Å². The Morgan fingerprint density at radius 2 is 2.11 bits per heavy atom. The van der Waals surface area contributed by atoms with Gasteiger partial charge in [-0.25, -0.2) is 9.37 Å². The molecule has 3 fully saturated rings. The second kappa shape index (κ2) is 13.6. The molecule has 0 spiro atoms. The number of alkyl halides is 1. The fourth-order valence-corrected chi connectivity index (χ4v) is 9.50. The van der Waals surface area contributed by atoms with Crippen LogP contribution in [0.15, 0.2) is 55.3 Å². The molecule has 0 bridgehead atoms.